The quantitative estimate of drug-likeness (QED) is 0.190. The zero-order valence-corrected chi connectivity index (χ0v) is 5.50. The van der Waals surface area contributed by atoms with Gasteiger partial charge in [-0.2, -0.15) is 0 Å². The number of carbonyl (C=O) groups excluding carboxylic acids is 1. The molecular formula is C5H11N3O2. The number of nitrogens with one attached hydrogen (secondary N) is 2. The fraction of sp³-hybridized carbons (Fsp3) is 0.800. The average Bonchev–Trinajstić information content (AvgIpc) is 2.34. The molecule has 1 aliphatic heterocycles. The van der Waals surface area contributed by atoms with Crippen LogP contribution < -0.4 is 16.6 Å². The van der Waals surface area contributed by atoms with Crippen LogP contribution in [0.2, 0.25) is 0 Å². The number of β-amino-alcohol motifs (C(OH)–C–C–N with tert-alkyl or cyclic N) is 1. The lowest BCUT2D eigenvalue weighted by molar-refractivity contribution is -0.123. The smallest absolute Gasteiger partial charge is 0.251 e. The Morgan fingerprint density at radius 2 is 2.50 bits per heavy atom. The summed E-state index contributed by atoms with van der Waals surface area (Å²) in [4.78, 5) is 10.7. The van der Waals surface area contributed by atoms with Gasteiger partial charge in [0.15, 0.2) is 0 Å². The van der Waals surface area contributed by atoms with Gasteiger partial charge in [0.05, 0.1) is 12.1 Å². The van der Waals surface area contributed by atoms with Gasteiger partial charge in [0.1, 0.15) is 0 Å². The summed E-state index contributed by atoms with van der Waals surface area (Å²) in [5, 5.41) is 11.8. The van der Waals surface area contributed by atoms with E-state index in [1.54, 1.807) is 0 Å². The van der Waals surface area contributed by atoms with Crippen molar-refractivity contribution in [2.45, 2.75) is 18.6 Å². The van der Waals surface area contributed by atoms with Gasteiger partial charge >= 0.3 is 0 Å². The van der Waals surface area contributed by atoms with Crippen LogP contribution in [0.1, 0.15) is 6.42 Å². The predicted molar refractivity (Wildman–Crippen MR) is 34.7 cm³/mol. The summed E-state index contributed by atoms with van der Waals surface area (Å²) in [5.41, 5.74) is 2.01. The molecule has 0 saturated carbocycles. The Hall–Kier alpha value is -0.650. The second-order valence-electron chi connectivity index (χ2n) is 2.36. The Morgan fingerprint density at radius 3 is 2.90 bits per heavy atom. The number of aliphatic hydroxyl groups is 1. The minimum Gasteiger partial charge on any atom is -0.392 e. The molecule has 0 aliphatic carbocycles. The van der Waals surface area contributed by atoms with E-state index in [-0.39, 0.29) is 11.9 Å². The second-order valence-corrected chi connectivity index (χ2v) is 2.36. The molecule has 5 N–H and O–H groups in total. The maximum atomic E-state index is 10.7. The van der Waals surface area contributed by atoms with Crippen molar-refractivity contribution in [1.29, 1.82) is 0 Å². The van der Waals surface area contributed by atoms with E-state index in [0.29, 0.717) is 13.0 Å². The van der Waals surface area contributed by atoms with Gasteiger partial charge in [-0.1, -0.05) is 0 Å². The van der Waals surface area contributed by atoms with Crippen LogP contribution in [-0.4, -0.2) is 29.7 Å². The molecule has 1 aliphatic rings. The monoisotopic (exact) mass is 145 g/mol. The van der Waals surface area contributed by atoms with E-state index in [4.69, 9.17) is 10.9 Å². The molecular weight excluding hydrogens is 134 g/mol. The first kappa shape index (κ1) is 7.46. The third-order valence-electron chi connectivity index (χ3n) is 1.57. The molecule has 0 radical (unpaired) electrons. The van der Waals surface area contributed by atoms with Crippen molar-refractivity contribution in [3.05, 3.63) is 0 Å². The van der Waals surface area contributed by atoms with Crippen molar-refractivity contribution in [2.24, 2.45) is 5.84 Å². The van der Waals surface area contributed by atoms with Crippen molar-refractivity contribution in [3.8, 4) is 0 Å². The molecule has 1 amide bonds. The van der Waals surface area contributed by atoms with Gasteiger partial charge in [0.2, 0.25) is 0 Å². The molecule has 10 heavy (non-hydrogen) atoms. The fourth-order valence-electron chi connectivity index (χ4n) is 1.02. The van der Waals surface area contributed by atoms with E-state index in [1.165, 1.54) is 0 Å². The van der Waals surface area contributed by atoms with Gasteiger partial charge < -0.3 is 10.4 Å². The molecule has 0 unspecified atom stereocenters. The highest BCUT2D eigenvalue weighted by atomic mass is 16.3. The van der Waals surface area contributed by atoms with Gasteiger partial charge in [-0.3, -0.25) is 10.2 Å². The van der Waals surface area contributed by atoms with Gasteiger partial charge in [0.25, 0.3) is 5.91 Å². The molecule has 0 aromatic carbocycles. The summed E-state index contributed by atoms with van der Waals surface area (Å²) < 4.78 is 0. The Bertz CT molecular complexity index is 139. The van der Waals surface area contributed by atoms with Crippen molar-refractivity contribution in [3.63, 3.8) is 0 Å². The minimum atomic E-state index is -0.415. The van der Waals surface area contributed by atoms with Crippen LogP contribution in [0.15, 0.2) is 0 Å². The summed E-state index contributed by atoms with van der Waals surface area (Å²) in [6.07, 6.45) is 0.0329. The van der Waals surface area contributed by atoms with Crippen LogP contribution in [-0.2, 0) is 4.79 Å². The average molecular weight is 145 g/mol. The lowest BCUT2D eigenvalue weighted by atomic mass is 10.2. The normalized spacial score (nSPS) is 32.2. The molecule has 1 fully saturated rings. The van der Waals surface area contributed by atoms with Crippen molar-refractivity contribution >= 4 is 5.91 Å². The molecule has 1 rings (SSSR count). The predicted octanol–water partition coefficient (Wildman–Crippen LogP) is -2.30. The molecule has 0 bridgehead atoms. The molecule has 1 saturated heterocycles. The zero-order chi connectivity index (χ0) is 7.56. The van der Waals surface area contributed by atoms with E-state index < -0.39 is 6.10 Å². The Labute approximate surface area is 58.6 Å². The first-order chi connectivity index (χ1) is 4.74. The topological polar surface area (TPSA) is 87.4 Å². The lowest BCUT2D eigenvalue weighted by Crippen LogP contribution is -2.43. The third-order valence-corrected chi connectivity index (χ3v) is 1.57. The molecule has 5 nitrogen and oxygen atoms in total. The Morgan fingerprint density at radius 1 is 1.80 bits per heavy atom. The van der Waals surface area contributed by atoms with Gasteiger partial charge in [-0.25, -0.2) is 5.84 Å². The summed E-state index contributed by atoms with van der Waals surface area (Å²) in [6.45, 7) is 0.470. The minimum absolute atomic E-state index is 0.267. The van der Waals surface area contributed by atoms with Crippen LogP contribution in [0, 0.1) is 0 Å². The summed E-state index contributed by atoms with van der Waals surface area (Å²) >= 11 is 0. The van der Waals surface area contributed by atoms with E-state index in [0.717, 1.165) is 0 Å². The molecule has 0 aromatic heterocycles. The number of amides is 1. The van der Waals surface area contributed by atoms with Crippen molar-refractivity contribution in [2.75, 3.05) is 6.54 Å². The van der Waals surface area contributed by atoms with Crippen LogP contribution in [0.25, 0.3) is 0 Å². The zero-order valence-electron chi connectivity index (χ0n) is 5.50. The van der Waals surface area contributed by atoms with Crippen LogP contribution in [0.4, 0.5) is 0 Å². The third kappa shape index (κ3) is 1.44. The molecule has 5 heteroatoms. The summed E-state index contributed by atoms with van der Waals surface area (Å²) in [5.74, 6) is 4.61. The molecule has 0 aromatic rings. The number of hydrazine groups is 1. The molecule has 58 valence electrons. The van der Waals surface area contributed by atoms with Gasteiger partial charge in [-0.05, 0) is 6.42 Å². The summed E-state index contributed by atoms with van der Waals surface area (Å²) in [7, 11) is 0. The second kappa shape index (κ2) is 2.96. The molecule has 1 heterocycles. The first-order valence-electron chi connectivity index (χ1n) is 3.16. The number of hydrogen-bond donors (Lipinski definition) is 4. The maximum absolute atomic E-state index is 10.7. The van der Waals surface area contributed by atoms with Crippen molar-refractivity contribution in [1.82, 2.24) is 10.7 Å². The van der Waals surface area contributed by atoms with E-state index in [1.807, 2.05) is 5.43 Å². The largest absolute Gasteiger partial charge is 0.392 e. The first-order valence-corrected chi connectivity index (χ1v) is 3.16. The van der Waals surface area contributed by atoms with E-state index >= 15 is 0 Å². The number of hydrogen-bond acceptors (Lipinski definition) is 4. The van der Waals surface area contributed by atoms with Crippen LogP contribution in [0.3, 0.4) is 0 Å². The fourth-order valence-corrected chi connectivity index (χ4v) is 1.02. The van der Waals surface area contributed by atoms with E-state index in [2.05, 4.69) is 5.32 Å². The standard InChI is InChI=1S/C5H11N3O2/c6-8-5(10)4-1-3(9)2-7-4/h3-4,7,9H,1-2,6H2,(H,8,10)/t3-,4+/m1/s1. The van der Waals surface area contributed by atoms with Gasteiger partial charge in [-0.15, -0.1) is 0 Å². The highest BCUT2D eigenvalue weighted by Crippen LogP contribution is 2.04. The van der Waals surface area contributed by atoms with Crippen molar-refractivity contribution < 1.29 is 9.90 Å². The highest BCUT2D eigenvalue weighted by Gasteiger charge is 2.27. The molecule has 2 atom stereocenters. The van der Waals surface area contributed by atoms with Gasteiger partial charge in [0, 0.05) is 6.54 Å². The Balaban J connectivity index is 2.37. The highest BCUT2D eigenvalue weighted by molar-refractivity contribution is 5.81. The lowest BCUT2D eigenvalue weighted by Gasteiger charge is -2.05. The number of nitrogens with two attached hydrogens (primary N) is 1. The number of aliphatic hydroxyl groups excluding tert-OH is 1. The van der Waals surface area contributed by atoms with Crippen LogP contribution in [0.5, 0.6) is 0 Å². The maximum Gasteiger partial charge on any atom is 0.251 e. The Kier molecular flexibility index (Phi) is 2.21. The van der Waals surface area contributed by atoms with E-state index in [9.17, 15) is 4.79 Å². The number of rotatable bonds is 1. The molecule has 0 spiro atoms. The number of carbonyl (C=O) groups is 1. The van der Waals surface area contributed by atoms with Crippen LogP contribution >= 0.6 is 0 Å². The summed E-state index contributed by atoms with van der Waals surface area (Å²) in [6, 6.07) is -0.319. The SMILES string of the molecule is NNC(=O)[C@@H]1C[C@@H](O)CN1.